The van der Waals surface area contributed by atoms with Gasteiger partial charge in [0.05, 0.1) is 36.9 Å². The van der Waals surface area contributed by atoms with Crippen molar-refractivity contribution in [2.45, 2.75) is 20.0 Å². The Bertz CT molecular complexity index is 958. The molecule has 0 aliphatic carbocycles. The van der Waals surface area contributed by atoms with Crippen molar-refractivity contribution >= 4 is 22.6 Å². The number of imidazole rings is 1. The minimum absolute atomic E-state index is 0.0427. The summed E-state index contributed by atoms with van der Waals surface area (Å²) in [6.07, 6.45) is 0. The van der Waals surface area contributed by atoms with E-state index in [-0.39, 0.29) is 24.8 Å². The molecule has 0 radical (unpaired) electrons. The highest BCUT2D eigenvalue weighted by molar-refractivity contribution is 5.93. The van der Waals surface area contributed by atoms with E-state index in [0.29, 0.717) is 29.0 Å². The first-order chi connectivity index (χ1) is 13.5. The van der Waals surface area contributed by atoms with E-state index >= 15 is 0 Å². The van der Waals surface area contributed by atoms with Gasteiger partial charge in [0.25, 0.3) is 0 Å². The van der Waals surface area contributed by atoms with E-state index < -0.39 is 6.55 Å². The van der Waals surface area contributed by atoms with Gasteiger partial charge in [-0.2, -0.15) is 8.78 Å². The number of anilines is 1. The third-order valence-corrected chi connectivity index (χ3v) is 4.42. The molecule has 1 heterocycles. The van der Waals surface area contributed by atoms with Crippen molar-refractivity contribution in [2.24, 2.45) is 0 Å². The summed E-state index contributed by atoms with van der Waals surface area (Å²) in [4.78, 5) is 18.5. The number of carbonyl (C=O) groups is 1. The normalized spacial score (nSPS) is 11.4. The maximum atomic E-state index is 13.6. The van der Waals surface area contributed by atoms with E-state index in [1.54, 1.807) is 47.4 Å². The summed E-state index contributed by atoms with van der Waals surface area (Å²) in [7, 11) is 1.53. The Balaban J connectivity index is 1.75. The minimum Gasteiger partial charge on any atom is -0.495 e. The zero-order valence-electron chi connectivity index (χ0n) is 15.7. The van der Waals surface area contributed by atoms with Gasteiger partial charge in [-0.3, -0.25) is 14.3 Å². The summed E-state index contributed by atoms with van der Waals surface area (Å²) in [5.41, 5.74) is 1.44. The number of halogens is 2. The molecular formula is C20H22F2N4O2. The molecule has 0 atom stereocenters. The van der Waals surface area contributed by atoms with E-state index in [4.69, 9.17) is 4.74 Å². The average molecular weight is 388 g/mol. The number of benzene rings is 2. The fraction of sp³-hybridized carbons (Fsp3) is 0.300. The molecule has 0 aliphatic rings. The van der Waals surface area contributed by atoms with Crippen LogP contribution >= 0.6 is 0 Å². The van der Waals surface area contributed by atoms with Crippen LogP contribution in [0.4, 0.5) is 14.5 Å². The van der Waals surface area contributed by atoms with Crippen molar-refractivity contribution in [3.63, 3.8) is 0 Å². The van der Waals surface area contributed by atoms with Crippen molar-refractivity contribution < 1.29 is 18.3 Å². The number of hydrogen-bond donors (Lipinski definition) is 1. The standard InChI is InChI=1S/C20H22F2N4O2/c1-3-25(13-19(27)24-15-9-5-7-11-17(15)28-2)12-18-23-14-8-4-6-10-16(14)26(18)20(21)22/h4-11,20H,3,12-13H2,1-2H3,(H,24,27). The average Bonchev–Trinajstić information content (AvgIpc) is 3.05. The summed E-state index contributed by atoms with van der Waals surface area (Å²) < 4.78 is 33.3. The van der Waals surface area contributed by atoms with E-state index in [1.165, 1.54) is 7.11 Å². The second kappa shape index (κ2) is 8.79. The number of amides is 1. The third kappa shape index (κ3) is 4.28. The molecule has 1 N–H and O–H groups in total. The van der Waals surface area contributed by atoms with Crippen LogP contribution in [0.2, 0.25) is 0 Å². The molecule has 28 heavy (non-hydrogen) atoms. The van der Waals surface area contributed by atoms with Crippen LogP contribution in [0, 0.1) is 0 Å². The molecule has 0 aliphatic heterocycles. The van der Waals surface area contributed by atoms with Crippen molar-refractivity contribution in [1.29, 1.82) is 0 Å². The fourth-order valence-corrected chi connectivity index (χ4v) is 3.04. The number of hydrogen-bond acceptors (Lipinski definition) is 4. The Labute approximate surface area is 161 Å². The van der Waals surface area contributed by atoms with E-state index in [1.807, 2.05) is 13.0 Å². The number of aromatic nitrogens is 2. The molecule has 3 aromatic rings. The maximum Gasteiger partial charge on any atom is 0.320 e. The van der Waals surface area contributed by atoms with Crippen LogP contribution in [0.1, 0.15) is 19.3 Å². The van der Waals surface area contributed by atoms with Crippen LogP contribution < -0.4 is 10.1 Å². The summed E-state index contributed by atoms with van der Waals surface area (Å²) in [6.45, 7) is -0.156. The van der Waals surface area contributed by atoms with Crippen LogP contribution in [0.25, 0.3) is 11.0 Å². The second-order valence-corrected chi connectivity index (χ2v) is 6.22. The molecule has 6 nitrogen and oxygen atoms in total. The molecule has 2 aromatic carbocycles. The molecule has 0 saturated carbocycles. The van der Waals surface area contributed by atoms with Crippen molar-refractivity contribution in [3.05, 3.63) is 54.4 Å². The number of carbonyl (C=O) groups excluding carboxylic acids is 1. The fourth-order valence-electron chi connectivity index (χ4n) is 3.04. The monoisotopic (exact) mass is 388 g/mol. The number of likely N-dealkylation sites (N-methyl/N-ethyl adjacent to an activating group) is 1. The van der Waals surface area contributed by atoms with Gasteiger partial charge in [-0.1, -0.05) is 31.2 Å². The van der Waals surface area contributed by atoms with Gasteiger partial charge in [-0.25, -0.2) is 4.98 Å². The van der Waals surface area contributed by atoms with Crippen molar-refractivity contribution in [3.8, 4) is 5.75 Å². The molecule has 0 bridgehead atoms. The predicted octanol–water partition coefficient (Wildman–Crippen LogP) is 3.90. The van der Waals surface area contributed by atoms with Gasteiger partial charge >= 0.3 is 6.55 Å². The molecule has 1 amide bonds. The first-order valence-electron chi connectivity index (χ1n) is 8.92. The van der Waals surface area contributed by atoms with Gasteiger partial charge in [-0.15, -0.1) is 0 Å². The third-order valence-electron chi connectivity index (χ3n) is 4.42. The lowest BCUT2D eigenvalue weighted by molar-refractivity contribution is -0.117. The number of nitrogens with zero attached hydrogens (tertiary/aromatic N) is 3. The Kier molecular flexibility index (Phi) is 6.20. The zero-order chi connectivity index (χ0) is 20.1. The highest BCUT2D eigenvalue weighted by atomic mass is 19.3. The number of alkyl halides is 2. The number of rotatable bonds is 8. The molecule has 8 heteroatoms. The molecule has 0 spiro atoms. The maximum absolute atomic E-state index is 13.6. The Morgan fingerprint density at radius 3 is 2.64 bits per heavy atom. The SMILES string of the molecule is CCN(CC(=O)Nc1ccccc1OC)Cc1nc2ccccc2n1C(F)F. The second-order valence-electron chi connectivity index (χ2n) is 6.22. The van der Waals surface area contributed by atoms with Gasteiger partial charge in [0.15, 0.2) is 0 Å². The van der Waals surface area contributed by atoms with Gasteiger partial charge in [0.2, 0.25) is 5.91 Å². The number of fused-ring (bicyclic) bond motifs is 1. The number of para-hydroxylation sites is 4. The van der Waals surface area contributed by atoms with E-state index in [9.17, 15) is 13.6 Å². The first-order valence-corrected chi connectivity index (χ1v) is 8.92. The highest BCUT2D eigenvalue weighted by Gasteiger charge is 2.20. The topological polar surface area (TPSA) is 59.4 Å². The lowest BCUT2D eigenvalue weighted by Gasteiger charge is -2.20. The minimum atomic E-state index is -2.71. The Hall–Kier alpha value is -3.00. The predicted molar refractivity (Wildman–Crippen MR) is 104 cm³/mol. The summed E-state index contributed by atoms with van der Waals surface area (Å²) in [6, 6.07) is 13.9. The van der Waals surface area contributed by atoms with Gasteiger partial charge in [-0.05, 0) is 30.8 Å². The zero-order valence-corrected chi connectivity index (χ0v) is 15.7. The molecule has 0 unspecified atom stereocenters. The smallest absolute Gasteiger partial charge is 0.320 e. The van der Waals surface area contributed by atoms with Crippen molar-refractivity contribution in [2.75, 3.05) is 25.5 Å². The van der Waals surface area contributed by atoms with Gasteiger partial charge in [0.1, 0.15) is 11.6 Å². The van der Waals surface area contributed by atoms with Crippen molar-refractivity contribution in [1.82, 2.24) is 14.5 Å². The largest absolute Gasteiger partial charge is 0.495 e. The Morgan fingerprint density at radius 1 is 1.21 bits per heavy atom. The quantitative estimate of drug-likeness (QED) is 0.636. The van der Waals surface area contributed by atoms with Crippen LogP contribution in [-0.4, -0.2) is 40.6 Å². The number of nitrogens with one attached hydrogen (secondary N) is 1. The van der Waals surface area contributed by atoms with E-state index in [2.05, 4.69) is 10.3 Å². The molecule has 1 aromatic heterocycles. The summed E-state index contributed by atoms with van der Waals surface area (Å²) in [5.74, 6) is 0.521. The molecular weight excluding hydrogens is 366 g/mol. The first kappa shape index (κ1) is 19.8. The molecule has 148 valence electrons. The summed E-state index contributed by atoms with van der Waals surface area (Å²) >= 11 is 0. The van der Waals surface area contributed by atoms with Crippen LogP contribution in [0.15, 0.2) is 48.5 Å². The molecule has 3 rings (SSSR count). The molecule has 0 saturated heterocycles. The lowest BCUT2D eigenvalue weighted by atomic mass is 10.3. The summed E-state index contributed by atoms with van der Waals surface area (Å²) in [5, 5.41) is 2.80. The lowest BCUT2D eigenvalue weighted by Crippen LogP contribution is -2.33. The highest BCUT2D eigenvalue weighted by Crippen LogP contribution is 2.25. The van der Waals surface area contributed by atoms with Crippen LogP contribution in [0.3, 0.4) is 0 Å². The van der Waals surface area contributed by atoms with Crippen LogP contribution in [0.5, 0.6) is 5.75 Å². The molecule has 0 fully saturated rings. The number of methoxy groups -OCH3 is 1. The van der Waals surface area contributed by atoms with Gasteiger partial charge in [0, 0.05) is 0 Å². The number of ether oxygens (including phenoxy) is 1. The van der Waals surface area contributed by atoms with Gasteiger partial charge < -0.3 is 10.1 Å². The Morgan fingerprint density at radius 2 is 1.93 bits per heavy atom. The van der Waals surface area contributed by atoms with Crippen LogP contribution in [-0.2, 0) is 11.3 Å². The van der Waals surface area contributed by atoms with E-state index in [0.717, 1.165) is 4.57 Å².